The zero-order valence-electron chi connectivity index (χ0n) is 11.7. The van der Waals surface area contributed by atoms with E-state index in [1.54, 1.807) is 24.3 Å². The molecule has 0 aliphatic rings. The number of fused-ring (bicyclic) bond motifs is 1. The number of anilines is 2. The van der Waals surface area contributed by atoms with E-state index < -0.39 is 0 Å². The molecule has 3 rings (SSSR count). The molecule has 0 saturated heterocycles. The van der Waals surface area contributed by atoms with Crippen LogP contribution in [0.5, 0.6) is 0 Å². The average Bonchev–Trinajstić information content (AvgIpc) is 2.55. The van der Waals surface area contributed by atoms with Crippen molar-refractivity contribution in [3.63, 3.8) is 0 Å². The number of nitrogens with one attached hydrogen (secondary N) is 2. The molecule has 0 aromatic heterocycles. The van der Waals surface area contributed by atoms with Crippen LogP contribution in [0.4, 0.5) is 16.2 Å². The first-order chi connectivity index (χ1) is 10.8. The van der Waals surface area contributed by atoms with E-state index in [2.05, 4.69) is 10.6 Å². The van der Waals surface area contributed by atoms with E-state index in [1.807, 2.05) is 48.5 Å². The van der Waals surface area contributed by atoms with Gasteiger partial charge in [-0.15, -0.1) is 0 Å². The Bertz CT molecular complexity index is 881. The van der Waals surface area contributed by atoms with Crippen LogP contribution in [0.1, 0.15) is 5.56 Å². The average molecular weight is 287 g/mol. The van der Waals surface area contributed by atoms with Crippen LogP contribution < -0.4 is 10.6 Å². The van der Waals surface area contributed by atoms with E-state index in [9.17, 15) is 4.79 Å². The predicted octanol–water partition coefficient (Wildman–Crippen LogP) is 4.36. The summed E-state index contributed by atoms with van der Waals surface area (Å²) >= 11 is 0. The molecule has 3 aromatic carbocycles. The van der Waals surface area contributed by atoms with Crippen LogP contribution in [-0.2, 0) is 0 Å². The molecule has 0 aliphatic heterocycles. The molecular formula is C18H13N3O. The largest absolute Gasteiger partial charge is 0.323 e. The molecule has 0 radical (unpaired) electrons. The smallest absolute Gasteiger partial charge is 0.308 e. The molecule has 0 bridgehead atoms. The molecule has 4 nitrogen and oxygen atoms in total. The summed E-state index contributed by atoms with van der Waals surface area (Å²) in [5, 5.41) is 16.6. The second kappa shape index (κ2) is 5.98. The number of benzene rings is 3. The Balaban J connectivity index is 1.77. The maximum atomic E-state index is 12.1. The third-order valence-electron chi connectivity index (χ3n) is 3.30. The highest BCUT2D eigenvalue weighted by atomic mass is 16.2. The summed E-state index contributed by atoms with van der Waals surface area (Å²) in [6.45, 7) is 0. The second-order valence-electron chi connectivity index (χ2n) is 4.80. The molecule has 2 N–H and O–H groups in total. The van der Waals surface area contributed by atoms with Crippen molar-refractivity contribution in [1.29, 1.82) is 5.26 Å². The SMILES string of the molecule is N#Cc1ccccc1NC(=O)Nc1ccc2ccccc2c1. The number of carbonyl (C=O) groups excluding carboxylic acids is 1. The van der Waals surface area contributed by atoms with Gasteiger partial charge in [0.1, 0.15) is 6.07 Å². The lowest BCUT2D eigenvalue weighted by Crippen LogP contribution is -2.19. The second-order valence-corrected chi connectivity index (χ2v) is 4.80. The van der Waals surface area contributed by atoms with E-state index >= 15 is 0 Å². The molecule has 22 heavy (non-hydrogen) atoms. The number of para-hydroxylation sites is 1. The highest BCUT2D eigenvalue weighted by Gasteiger charge is 2.06. The molecule has 0 spiro atoms. The molecule has 0 saturated carbocycles. The highest BCUT2D eigenvalue weighted by molar-refractivity contribution is 6.01. The zero-order valence-corrected chi connectivity index (χ0v) is 11.7. The quantitative estimate of drug-likeness (QED) is 0.735. The molecule has 0 aliphatic carbocycles. The zero-order chi connectivity index (χ0) is 15.4. The molecule has 0 heterocycles. The van der Waals surface area contributed by atoms with Crippen molar-refractivity contribution in [1.82, 2.24) is 0 Å². The molecule has 2 amide bonds. The third kappa shape index (κ3) is 2.89. The fraction of sp³-hybridized carbons (Fsp3) is 0. The van der Waals surface area contributed by atoms with Gasteiger partial charge < -0.3 is 10.6 Å². The lowest BCUT2D eigenvalue weighted by Gasteiger charge is -2.09. The number of amides is 2. The molecular weight excluding hydrogens is 274 g/mol. The number of rotatable bonds is 2. The Morgan fingerprint density at radius 2 is 1.59 bits per heavy atom. The molecule has 0 fully saturated rings. The van der Waals surface area contributed by atoms with Crippen molar-refractivity contribution < 1.29 is 4.79 Å². The van der Waals surface area contributed by atoms with Crippen LogP contribution in [0.25, 0.3) is 10.8 Å². The molecule has 3 aromatic rings. The van der Waals surface area contributed by atoms with Gasteiger partial charge in [-0.1, -0.05) is 42.5 Å². The standard InChI is InChI=1S/C18H13N3O/c19-12-15-7-3-4-8-17(15)21-18(22)20-16-10-9-13-5-1-2-6-14(13)11-16/h1-11H,(H2,20,21,22). The minimum Gasteiger partial charge on any atom is -0.308 e. The summed E-state index contributed by atoms with van der Waals surface area (Å²) < 4.78 is 0. The van der Waals surface area contributed by atoms with Crippen LogP contribution in [-0.4, -0.2) is 6.03 Å². The normalized spacial score (nSPS) is 9.95. The summed E-state index contributed by atoms with van der Waals surface area (Å²) in [7, 11) is 0. The van der Waals surface area contributed by atoms with Crippen LogP contribution in [0.2, 0.25) is 0 Å². The molecule has 0 atom stereocenters. The van der Waals surface area contributed by atoms with Gasteiger partial charge in [-0.2, -0.15) is 5.26 Å². The van der Waals surface area contributed by atoms with Crippen molar-refractivity contribution in [2.24, 2.45) is 0 Å². The Kier molecular flexibility index (Phi) is 3.71. The fourth-order valence-corrected chi connectivity index (χ4v) is 2.24. The van der Waals surface area contributed by atoms with E-state index in [0.29, 0.717) is 16.9 Å². The number of urea groups is 1. The van der Waals surface area contributed by atoms with Gasteiger partial charge in [0.05, 0.1) is 11.3 Å². The number of nitrogens with zero attached hydrogens (tertiary/aromatic N) is 1. The van der Waals surface area contributed by atoms with Crippen LogP contribution in [0.3, 0.4) is 0 Å². The van der Waals surface area contributed by atoms with Crippen molar-refractivity contribution in [3.8, 4) is 6.07 Å². The summed E-state index contributed by atoms with van der Waals surface area (Å²) in [4.78, 5) is 12.1. The first-order valence-corrected chi connectivity index (χ1v) is 6.82. The Morgan fingerprint density at radius 3 is 2.41 bits per heavy atom. The number of hydrogen-bond acceptors (Lipinski definition) is 2. The van der Waals surface area contributed by atoms with Gasteiger partial charge in [0.15, 0.2) is 0 Å². The summed E-state index contributed by atoms with van der Waals surface area (Å²) in [5.74, 6) is 0. The number of carbonyl (C=O) groups is 1. The topological polar surface area (TPSA) is 64.9 Å². The molecule has 4 heteroatoms. The van der Waals surface area contributed by atoms with Gasteiger partial charge >= 0.3 is 6.03 Å². The van der Waals surface area contributed by atoms with Crippen molar-refractivity contribution in [2.75, 3.05) is 10.6 Å². The van der Waals surface area contributed by atoms with Gasteiger partial charge in [-0.3, -0.25) is 0 Å². The van der Waals surface area contributed by atoms with E-state index in [4.69, 9.17) is 5.26 Å². The maximum Gasteiger partial charge on any atom is 0.323 e. The lowest BCUT2D eigenvalue weighted by molar-refractivity contribution is 0.262. The van der Waals surface area contributed by atoms with Crippen LogP contribution in [0.15, 0.2) is 66.7 Å². The van der Waals surface area contributed by atoms with Crippen LogP contribution in [0, 0.1) is 11.3 Å². The number of hydrogen-bond donors (Lipinski definition) is 2. The van der Waals surface area contributed by atoms with Gasteiger partial charge in [0.2, 0.25) is 0 Å². The van der Waals surface area contributed by atoms with Crippen LogP contribution >= 0.6 is 0 Å². The summed E-state index contributed by atoms with van der Waals surface area (Å²) in [6.07, 6.45) is 0. The van der Waals surface area contributed by atoms with E-state index in [1.165, 1.54) is 0 Å². The van der Waals surface area contributed by atoms with E-state index in [0.717, 1.165) is 10.8 Å². The first kappa shape index (κ1) is 13.7. The minimum absolute atomic E-state index is 0.377. The molecule has 0 unspecified atom stereocenters. The summed E-state index contributed by atoms with van der Waals surface area (Å²) in [5.41, 5.74) is 1.62. The first-order valence-electron chi connectivity index (χ1n) is 6.82. The van der Waals surface area contributed by atoms with E-state index in [-0.39, 0.29) is 6.03 Å². The lowest BCUT2D eigenvalue weighted by atomic mass is 10.1. The number of nitriles is 1. The minimum atomic E-state index is -0.377. The highest BCUT2D eigenvalue weighted by Crippen LogP contribution is 2.19. The van der Waals surface area contributed by atoms with Crippen molar-refractivity contribution in [3.05, 3.63) is 72.3 Å². The Hall–Kier alpha value is -3.32. The van der Waals surface area contributed by atoms with Gasteiger partial charge in [0, 0.05) is 5.69 Å². The third-order valence-corrected chi connectivity index (χ3v) is 3.30. The monoisotopic (exact) mass is 287 g/mol. The van der Waals surface area contributed by atoms with Gasteiger partial charge in [-0.25, -0.2) is 4.79 Å². The maximum absolute atomic E-state index is 12.1. The predicted molar refractivity (Wildman–Crippen MR) is 87.7 cm³/mol. The van der Waals surface area contributed by atoms with Crippen molar-refractivity contribution >= 4 is 28.2 Å². The summed E-state index contributed by atoms with van der Waals surface area (Å²) in [6, 6.07) is 22.2. The Labute approximate surface area is 128 Å². The van der Waals surface area contributed by atoms with Gasteiger partial charge in [-0.05, 0) is 35.0 Å². The Morgan fingerprint density at radius 1 is 0.864 bits per heavy atom. The van der Waals surface area contributed by atoms with Gasteiger partial charge in [0.25, 0.3) is 0 Å². The fourth-order valence-electron chi connectivity index (χ4n) is 2.24. The molecule has 106 valence electrons. The van der Waals surface area contributed by atoms with Crippen molar-refractivity contribution in [2.45, 2.75) is 0 Å².